The van der Waals surface area contributed by atoms with Gasteiger partial charge in [0.25, 0.3) is 0 Å². The quantitative estimate of drug-likeness (QED) is 0.285. The largest absolute Gasteiger partial charge is 0.396 e. The van der Waals surface area contributed by atoms with Gasteiger partial charge in [0.1, 0.15) is 0 Å². The van der Waals surface area contributed by atoms with E-state index in [1.807, 2.05) is 0 Å². The van der Waals surface area contributed by atoms with Gasteiger partial charge in [-0.1, -0.05) is 90.4 Å². The fourth-order valence-corrected chi connectivity index (χ4v) is 2.82. The van der Waals surface area contributed by atoms with Crippen LogP contribution in [0.5, 0.6) is 0 Å². The predicted molar refractivity (Wildman–Crippen MR) is 97.5 cm³/mol. The fraction of sp³-hybridized carbons (Fsp3) is 1.00. The first-order chi connectivity index (χ1) is 10.9. The molecular weight excluding hydrogens is 272 g/mol. The lowest BCUT2D eigenvalue weighted by atomic mass is 10.0. The van der Waals surface area contributed by atoms with Crippen LogP contribution in [0.15, 0.2) is 0 Å². The Labute approximate surface area is 140 Å². The first kappa shape index (κ1) is 21.9. The summed E-state index contributed by atoms with van der Waals surface area (Å²) in [6.45, 7) is 4.30. The molecule has 22 heavy (non-hydrogen) atoms. The number of aliphatic hydroxyl groups excluding tert-OH is 1. The van der Waals surface area contributed by atoms with E-state index in [0.717, 1.165) is 26.1 Å². The van der Waals surface area contributed by atoms with Crippen molar-refractivity contribution < 1.29 is 9.84 Å². The molecule has 0 spiro atoms. The molecule has 0 rings (SSSR count). The van der Waals surface area contributed by atoms with Crippen molar-refractivity contribution in [3.63, 3.8) is 0 Å². The molecule has 0 aromatic rings. The van der Waals surface area contributed by atoms with Crippen molar-refractivity contribution in [1.29, 1.82) is 0 Å². The third-order valence-corrected chi connectivity index (χ3v) is 4.34. The molecule has 0 radical (unpaired) electrons. The average molecular weight is 315 g/mol. The highest BCUT2D eigenvalue weighted by Gasteiger charge is 1.94. The molecule has 2 heteroatoms. The normalized spacial score (nSPS) is 11.2. The maximum atomic E-state index is 8.65. The second-order valence-electron chi connectivity index (χ2n) is 6.64. The molecule has 0 aliphatic carbocycles. The Hall–Kier alpha value is -0.0800. The summed E-state index contributed by atoms with van der Waals surface area (Å²) in [5.41, 5.74) is 0. The number of hydrogen-bond donors (Lipinski definition) is 1. The van der Waals surface area contributed by atoms with Gasteiger partial charge < -0.3 is 9.84 Å². The average Bonchev–Trinajstić information content (AvgIpc) is 2.54. The summed E-state index contributed by atoms with van der Waals surface area (Å²) in [6, 6.07) is 0. The minimum Gasteiger partial charge on any atom is -0.396 e. The molecule has 0 saturated carbocycles. The van der Waals surface area contributed by atoms with Crippen molar-refractivity contribution in [3.8, 4) is 0 Å². The molecule has 0 aromatic carbocycles. The van der Waals surface area contributed by atoms with Crippen molar-refractivity contribution in [2.75, 3.05) is 19.8 Å². The van der Waals surface area contributed by atoms with E-state index in [-0.39, 0.29) is 0 Å². The van der Waals surface area contributed by atoms with Gasteiger partial charge in [0.15, 0.2) is 0 Å². The van der Waals surface area contributed by atoms with Gasteiger partial charge in [-0.15, -0.1) is 0 Å². The number of hydrogen-bond acceptors (Lipinski definition) is 2. The molecular formula is C20H42O2. The molecule has 0 aliphatic heterocycles. The number of rotatable bonds is 19. The van der Waals surface area contributed by atoms with Crippen LogP contribution in [-0.2, 0) is 4.74 Å². The van der Waals surface area contributed by atoms with Gasteiger partial charge in [-0.3, -0.25) is 0 Å². The van der Waals surface area contributed by atoms with Gasteiger partial charge in [-0.05, 0) is 19.3 Å². The van der Waals surface area contributed by atoms with Crippen LogP contribution in [0.1, 0.15) is 110 Å². The molecule has 0 aromatic heterocycles. The van der Waals surface area contributed by atoms with Crippen molar-refractivity contribution in [1.82, 2.24) is 0 Å². The third-order valence-electron chi connectivity index (χ3n) is 4.34. The highest BCUT2D eigenvalue weighted by molar-refractivity contribution is 4.49. The molecule has 0 saturated heterocycles. The van der Waals surface area contributed by atoms with Gasteiger partial charge in [-0.2, -0.15) is 0 Å². The van der Waals surface area contributed by atoms with E-state index in [9.17, 15) is 0 Å². The Bertz CT molecular complexity index is 163. The molecule has 2 nitrogen and oxygen atoms in total. The van der Waals surface area contributed by atoms with Crippen LogP contribution in [0.3, 0.4) is 0 Å². The summed E-state index contributed by atoms with van der Waals surface area (Å²) in [7, 11) is 0. The molecule has 0 fully saturated rings. The molecule has 134 valence electrons. The Morgan fingerprint density at radius 3 is 1.27 bits per heavy atom. The monoisotopic (exact) mass is 314 g/mol. The molecule has 0 heterocycles. The number of aliphatic hydroxyl groups is 1. The van der Waals surface area contributed by atoms with Gasteiger partial charge in [0, 0.05) is 19.8 Å². The topological polar surface area (TPSA) is 29.5 Å². The lowest BCUT2D eigenvalue weighted by Gasteiger charge is -2.04. The van der Waals surface area contributed by atoms with E-state index in [1.54, 1.807) is 0 Å². The second-order valence-corrected chi connectivity index (χ2v) is 6.64. The Balaban J connectivity index is 2.91. The van der Waals surface area contributed by atoms with Crippen molar-refractivity contribution in [2.24, 2.45) is 0 Å². The van der Waals surface area contributed by atoms with Crippen LogP contribution in [0, 0.1) is 0 Å². The van der Waals surface area contributed by atoms with Crippen LogP contribution < -0.4 is 0 Å². The first-order valence-corrected chi connectivity index (χ1v) is 10.1. The molecule has 0 unspecified atom stereocenters. The summed E-state index contributed by atoms with van der Waals surface area (Å²) in [4.78, 5) is 0. The Morgan fingerprint density at radius 1 is 0.500 bits per heavy atom. The van der Waals surface area contributed by atoms with Gasteiger partial charge in [0.05, 0.1) is 0 Å². The third kappa shape index (κ3) is 19.9. The minimum absolute atomic E-state index is 0.294. The Kier molecular flexibility index (Phi) is 20.8. The van der Waals surface area contributed by atoms with Gasteiger partial charge in [-0.25, -0.2) is 0 Å². The van der Waals surface area contributed by atoms with Crippen LogP contribution in [0.4, 0.5) is 0 Å². The van der Waals surface area contributed by atoms with Crippen LogP contribution in [0.2, 0.25) is 0 Å². The summed E-state index contributed by atoms with van der Waals surface area (Å²) in [5.74, 6) is 0. The summed E-state index contributed by atoms with van der Waals surface area (Å²) >= 11 is 0. The van der Waals surface area contributed by atoms with E-state index in [0.29, 0.717) is 6.61 Å². The zero-order valence-corrected chi connectivity index (χ0v) is 15.3. The molecule has 0 amide bonds. The SMILES string of the molecule is CCCCCCCCCCCCCCCCOCCCCO. The summed E-state index contributed by atoms with van der Waals surface area (Å²) in [6.07, 6.45) is 21.5. The lowest BCUT2D eigenvalue weighted by molar-refractivity contribution is 0.121. The highest BCUT2D eigenvalue weighted by Crippen LogP contribution is 2.12. The van der Waals surface area contributed by atoms with Crippen LogP contribution >= 0.6 is 0 Å². The standard InChI is InChI=1S/C20H42O2/c1-2-3-4-5-6-7-8-9-10-11-12-13-14-16-19-22-20-17-15-18-21/h21H,2-20H2,1H3. The molecule has 0 bridgehead atoms. The molecule has 1 N–H and O–H groups in total. The van der Waals surface area contributed by atoms with Crippen LogP contribution in [-0.4, -0.2) is 24.9 Å². The van der Waals surface area contributed by atoms with Gasteiger partial charge >= 0.3 is 0 Å². The van der Waals surface area contributed by atoms with Gasteiger partial charge in [0.2, 0.25) is 0 Å². The van der Waals surface area contributed by atoms with E-state index in [1.165, 1.54) is 89.9 Å². The van der Waals surface area contributed by atoms with E-state index in [2.05, 4.69) is 6.92 Å². The predicted octanol–water partition coefficient (Wildman–Crippen LogP) is 6.26. The van der Waals surface area contributed by atoms with Crippen molar-refractivity contribution >= 4 is 0 Å². The van der Waals surface area contributed by atoms with E-state index < -0.39 is 0 Å². The minimum atomic E-state index is 0.294. The Morgan fingerprint density at radius 2 is 0.864 bits per heavy atom. The van der Waals surface area contributed by atoms with Crippen LogP contribution in [0.25, 0.3) is 0 Å². The number of ether oxygens (including phenoxy) is 1. The molecule has 0 atom stereocenters. The lowest BCUT2D eigenvalue weighted by Crippen LogP contribution is -1.98. The van der Waals surface area contributed by atoms with E-state index >= 15 is 0 Å². The summed E-state index contributed by atoms with van der Waals surface area (Å²) in [5, 5.41) is 8.65. The maximum absolute atomic E-state index is 8.65. The summed E-state index contributed by atoms with van der Waals surface area (Å²) < 4.78 is 5.53. The zero-order valence-electron chi connectivity index (χ0n) is 15.3. The second kappa shape index (κ2) is 20.9. The van der Waals surface area contributed by atoms with Crippen molar-refractivity contribution in [3.05, 3.63) is 0 Å². The maximum Gasteiger partial charge on any atom is 0.0466 e. The molecule has 0 aliphatic rings. The highest BCUT2D eigenvalue weighted by atomic mass is 16.5. The first-order valence-electron chi connectivity index (χ1n) is 10.1. The zero-order chi connectivity index (χ0) is 16.1. The van der Waals surface area contributed by atoms with E-state index in [4.69, 9.17) is 9.84 Å². The number of unbranched alkanes of at least 4 members (excludes halogenated alkanes) is 14. The smallest absolute Gasteiger partial charge is 0.0466 e. The van der Waals surface area contributed by atoms with Crippen molar-refractivity contribution in [2.45, 2.75) is 110 Å². The fourth-order valence-electron chi connectivity index (χ4n) is 2.82.